The Labute approximate surface area is 260 Å². The molecular formula is C41H29N3O. The summed E-state index contributed by atoms with van der Waals surface area (Å²) in [4.78, 5) is 5.33. The van der Waals surface area contributed by atoms with Gasteiger partial charge in [-0.1, -0.05) is 129 Å². The first-order valence-electron chi connectivity index (χ1n) is 15.6. The predicted octanol–water partition coefficient (Wildman–Crippen LogP) is 10.1. The number of hydrogen-bond donors (Lipinski definition) is 0. The minimum Gasteiger partial charge on any atom is -0.456 e. The lowest BCUT2D eigenvalue weighted by Gasteiger charge is -2.41. The molecule has 214 valence electrons. The Morgan fingerprint density at radius 3 is 2.24 bits per heavy atom. The van der Waals surface area contributed by atoms with Gasteiger partial charge < -0.3 is 4.42 Å². The van der Waals surface area contributed by atoms with E-state index >= 15 is 0 Å². The van der Waals surface area contributed by atoms with Crippen molar-refractivity contribution in [3.8, 4) is 11.1 Å². The standard InChI is InChI=1S/C41H29N3O/c1-41(2)31-20-9-6-16-28(31)36-32(41)23-24-34-37(36)29-17-7-10-21-33(29)43(34)44-39(25-13-4-3-5-14-25)42-40(44)30-19-12-18-27-26-15-8-11-22-35(26)45-38(27)30/h3-24,40H,1-2H3. The molecule has 0 bridgehead atoms. The third kappa shape index (κ3) is 3.18. The van der Waals surface area contributed by atoms with Gasteiger partial charge in [0.05, 0.1) is 11.0 Å². The van der Waals surface area contributed by atoms with E-state index in [1.54, 1.807) is 0 Å². The van der Waals surface area contributed by atoms with Gasteiger partial charge in [-0.15, -0.1) is 0 Å². The molecule has 0 saturated heterocycles. The highest BCUT2D eigenvalue weighted by Crippen LogP contribution is 2.53. The van der Waals surface area contributed by atoms with Crippen molar-refractivity contribution in [1.82, 2.24) is 4.68 Å². The van der Waals surface area contributed by atoms with Crippen LogP contribution in [0.15, 0.2) is 143 Å². The highest BCUT2D eigenvalue weighted by atomic mass is 16.3. The maximum atomic E-state index is 6.54. The Bertz CT molecular complexity index is 2530. The van der Waals surface area contributed by atoms with Gasteiger partial charge in [-0.3, -0.25) is 0 Å². The van der Waals surface area contributed by atoms with Gasteiger partial charge >= 0.3 is 0 Å². The van der Waals surface area contributed by atoms with Crippen molar-refractivity contribution in [2.45, 2.75) is 25.4 Å². The van der Waals surface area contributed by atoms with Crippen molar-refractivity contribution in [2.75, 3.05) is 5.01 Å². The molecule has 3 heterocycles. The number of benzene rings is 6. The summed E-state index contributed by atoms with van der Waals surface area (Å²) in [5.74, 6) is 0.942. The number of rotatable bonds is 3. The molecule has 4 heteroatoms. The van der Waals surface area contributed by atoms with E-state index in [4.69, 9.17) is 9.41 Å². The first-order valence-corrected chi connectivity index (χ1v) is 15.6. The Morgan fingerprint density at radius 1 is 0.622 bits per heavy atom. The number of aromatic nitrogens is 1. The zero-order valence-electron chi connectivity index (χ0n) is 25.0. The fraction of sp³-hybridized carbons (Fsp3) is 0.0976. The maximum absolute atomic E-state index is 6.54. The summed E-state index contributed by atoms with van der Waals surface area (Å²) in [6, 6.07) is 47.7. The van der Waals surface area contributed by atoms with Crippen LogP contribution in [0.3, 0.4) is 0 Å². The molecule has 0 N–H and O–H groups in total. The lowest BCUT2D eigenvalue weighted by Crippen LogP contribution is -2.50. The van der Waals surface area contributed by atoms with E-state index in [-0.39, 0.29) is 11.6 Å². The van der Waals surface area contributed by atoms with Gasteiger partial charge in [0.2, 0.25) is 0 Å². The van der Waals surface area contributed by atoms with E-state index in [1.807, 2.05) is 12.1 Å². The third-order valence-electron chi connectivity index (χ3n) is 10.0. The van der Waals surface area contributed by atoms with Crippen molar-refractivity contribution in [3.05, 3.63) is 156 Å². The first kappa shape index (κ1) is 24.8. The molecule has 2 aliphatic rings. The predicted molar refractivity (Wildman–Crippen MR) is 185 cm³/mol. The summed E-state index contributed by atoms with van der Waals surface area (Å²) >= 11 is 0. The van der Waals surface area contributed by atoms with E-state index in [1.165, 1.54) is 38.5 Å². The number of aliphatic imine (C=N–C) groups is 1. The largest absolute Gasteiger partial charge is 0.456 e. The van der Waals surface area contributed by atoms with Crippen LogP contribution in [-0.4, -0.2) is 10.5 Å². The minimum atomic E-state index is -0.263. The number of nitrogens with zero attached hydrogens (tertiary/aromatic N) is 3. The third-order valence-corrected chi connectivity index (χ3v) is 10.0. The van der Waals surface area contributed by atoms with Crippen molar-refractivity contribution in [1.29, 1.82) is 0 Å². The van der Waals surface area contributed by atoms with Gasteiger partial charge in [-0.05, 0) is 40.5 Å². The molecule has 0 fully saturated rings. The number of fused-ring (bicyclic) bond motifs is 10. The molecule has 0 amide bonds. The number of amidine groups is 1. The molecule has 0 saturated carbocycles. The number of para-hydroxylation sites is 3. The molecule has 8 aromatic rings. The van der Waals surface area contributed by atoms with Gasteiger partial charge in [-0.2, -0.15) is 0 Å². The topological polar surface area (TPSA) is 33.7 Å². The van der Waals surface area contributed by atoms with Crippen molar-refractivity contribution in [3.63, 3.8) is 0 Å². The average molecular weight is 580 g/mol. The quantitative estimate of drug-likeness (QED) is 0.209. The fourth-order valence-electron chi connectivity index (χ4n) is 7.93. The van der Waals surface area contributed by atoms with Gasteiger partial charge in [0.25, 0.3) is 0 Å². The Hall–Kier alpha value is -5.61. The van der Waals surface area contributed by atoms with E-state index in [0.29, 0.717) is 0 Å². The van der Waals surface area contributed by atoms with Crippen molar-refractivity contribution >= 4 is 49.6 Å². The second-order valence-corrected chi connectivity index (χ2v) is 12.7. The van der Waals surface area contributed by atoms with E-state index in [0.717, 1.165) is 44.4 Å². The number of furan rings is 1. The summed E-state index contributed by atoms with van der Waals surface area (Å²) in [6.07, 6.45) is -0.263. The fourth-order valence-corrected chi connectivity index (χ4v) is 7.93. The smallest absolute Gasteiger partial charge is 0.173 e. The molecular weight excluding hydrogens is 550 g/mol. The van der Waals surface area contributed by atoms with Gasteiger partial charge in [0.1, 0.15) is 11.2 Å². The van der Waals surface area contributed by atoms with Gasteiger partial charge in [0, 0.05) is 38.1 Å². The molecule has 1 atom stereocenters. The van der Waals surface area contributed by atoms with E-state index in [2.05, 4.69) is 145 Å². The molecule has 1 unspecified atom stereocenters. The molecule has 0 radical (unpaired) electrons. The molecule has 2 aromatic heterocycles. The highest BCUT2D eigenvalue weighted by Gasteiger charge is 2.41. The summed E-state index contributed by atoms with van der Waals surface area (Å²) in [7, 11) is 0. The summed E-state index contributed by atoms with van der Waals surface area (Å²) < 4.78 is 8.94. The Balaban J connectivity index is 1.28. The molecule has 6 aromatic carbocycles. The first-order chi connectivity index (χ1) is 22.1. The summed E-state index contributed by atoms with van der Waals surface area (Å²) in [5, 5.41) is 7.16. The zero-order valence-corrected chi connectivity index (χ0v) is 25.0. The van der Waals surface area contributed by atoms with Crippen molar-refractivity contribution in [2.24, 2.45) is 4.99 Å². The zero-order chi connectivity index (χ0) is 29.9. The van der Waals surface area contributed by atoms with Crippen LogP contribution in [0.4, 0.5) is 0 Å². The molecule has 0 spiro atoms. The lowest BCUT2D eigenvalue weighted by molar-refractivity contribution is 0.558. The monoisotopic (exact) mass is 579 g/mol. The van der Waals surface area contributed by atoms with E-state index < -0.39 is 0 Å². The molecule has 4 nitrogen and oxygen atoms in total. The molecule has 45 heavy (non-hydrogen) atoms. The van der Waals surface area contributed by atoms with Crippen LogP contribution < -0.4 is 5.01 Å². The Kier molecular flexibility index (Phi) is 4.81. The van der Waals surface area contributed by atoms with E-state index in [9.17, 15) is 0 Å². The van der Waals surface area contributed by atoms with Crippen LogP contribution in [0.2, 0.25) is 0 Å². The van der Waals surface area contributed by atoms with Gasteiger partial charge in [-0.25, -0.2) is 14.7 Å². The van der Waals surface area contributed by atoms with Crippen LogP contribution in [0, 0.1) is 0 Å². The molecule has 1 aliphatic heterocycles. The van der Waals surface area contributed by atoms with Crippen LogP contribution in [0.25, 0.3) is 54.9 Å². The number of hydrogen-bond acceptors (Lipinski definition) is 3. The average Bonchev–Trinajstić information content (AvgIpc) is 3.68. The summed E-state index contributed by atoms with van der Waals surface area (Å²) in [5.41, 5.74) is 11.6. The molecule has 1 aliphatic carbocycles. The van der Waals surface area contributed by atoms with Gasteiger partial charge in [0.15, 0.2) is 12.0 Å². The lowest BCUT2D eigenvalue weighted by atomic mass is 9.82. The van der Waals surface area contributed by atoms with Crippen LogP contribution in [0.1, 0.15) is 42.3 Å². The Morgan fingerprint density at radius 2 is 1.36 bits per heavy atom. The van der Waals surface area contributed by atoms with Crippen LogP contribution >= 0.6 is 0 Å². The minimum absolute atomic E-state index is 0.0732. The highest BCUT2D eigenvalue weighted by molar-refractivity contribution is 6.20. The normalized spacial score (nSPS) is 16.7. The molecule has 10 rings (SSSR count). The van der Waals surface area contributed by atoms with Crippen LogP contribution in [-0.2, 0) is 5.41 Å². The second kappa shape index (κ2) is 8.73. The van der Waals surface area contributed by atoms with Crippen LogP contribution in [0.5, 0.6) is 0 Å². The summed E-state index contributed by atoms with van der Waals surface area (Å²) in [6.45, 7) is 4.70. The van der Waals surface area contributed by atoms with Crippen molar-refractivity contribution < 1.29 is 4.42 Å². The maximum Gasteiger partial charge on any atom is 0.173 e. The SMILES string of the molecule is CC1(C)c2ccccc2-c2c1ccc1c2c2ccccc2n1N1C(c2ccccc2)=NC1c1cccc2c1oc1ccccc12. The second-order valence-electron chi connectivity index (χ2n) is 12.7.